The molecule has 0 aliphatic rings. The lowest BCUT2D eigenvalue weighted by Crippen LogP contribution is -2.54. The van der Waals surface area contributed by atoms with E-state index < -0.39 is 23.8 Å². The number of amides is 3. The molecule has 3 N–H and O–H groups in total. The Bertz CT molecular complexity index is 852. The Kier molecular flexibility index (Phi) is 6.25. The van der Waals surface area contributed by atoms with Gasteiger partial charge in [-0.25, -0.2) is 9.87 Å². The van der Waals surface area contributed by atoms with Crippen molar-refractivity contribution in [1.29, 1.82) is 0 Å². The molecule has 0 aliphatic carbocycles. The van der Waals surface area contributed by atoms with Crippen molar-refractivity contribution >= 4 is 17.7 Å². The van der Waals surface area contributed by atoms with Gasteiger partial charge >= 0.3 is 0 Å². The monoisotopic (exact) mass is 373 g/mol. The molecule has 0 aromatic heterocycles. The lowest BCUT2D eigenvalue weighted by Gasteiger charge is -2.25. The van der Waals surface area contributed by atoms with Gasteiger partial charge in [0.15, 0.2) is 6.04 Å². The van der Waals surface area contributed by atoms with E-state index in [4.69, 9.17) is 5.21 Å². The second-order valence-electron chi connectivity index (χ2n) is 5.95. The standard InChI is InChI=1S/C19H20FN3O4/c1-11-4-5-14(10-15(11)20)12-6-8-13(9-7-12)19(26)23(3)16(17(24)21-2)18(25)22-27/h4-10,16,27H,1-3H3,(H,21,24)(H,22,25). The number of hydrogen-bond donors (Lipinski definition) is 3. The van der Waals surface area contributed by atoms with Crippen molar-refractivity contribution in [2.75, 3.05) is 14.1 Å². The molecule has 0 bridgehead atoms. The number of halogens is 1. The van der Waals surface area contributed by atoms with Gasteiger partial charge in [-0.3, -0.25) is 19.6 Å². The van der Waals surface area contributed by atoms with E-state index in [1.165, 1.54) is 37.8 Å². The summed E-state index contributed by atoms with van der Waals surface area (Å²) in [7, 11) is 2.59. The highest BCUT2D eigenvalue weighted by Crippen LogP contribution is 2.22. The van der Waals surface area contributed by atoms with Crippen LogP contribution < -0.4 is 10.8 Å². The number of aryl methyl sites for hydroxylation is 1. The lowest BCUT2D eigenvalue weighted by atomic mass is 10.0. The fourth-order valence-electron chi connectivity index (χ4n) is 2.57. The average Bonchev–Trinajstić information content (AvgIpc) is 2.69. The second-order valence-corrected chi connectivity index (χ2v) is 5.95. The Hall–Kier alpha value is -3.26. The molecule has 27 heavy (non-hydrogen) atoms. The molecule has 2 aromatic carbocycles. The lowest BCUT2D eigenvalue weighted by molar-refractivity contribution is -0.140. The van der Waals surface area contributed by atoms with Crippen molar-refractivity contribution in [3.05, 3.63) is 59.4 Å². The smallest absolute Gasteiger partial charge is 0.275 e. The molecule has 1 atom stereocenters. The van der Waals surface area contributed by atoms with Crippen LogP contribution >= 0.6 is 0 Å². The normalized spacial score (nSPS) is 11.4. The molecule has 0 spiro atoms. The van der Waals surface area contributed by atoms with Crippen LogP contribution in [0.2, 0.25) is 0 Å². The third-order valence-electron chi connectivity index (χ3n) is 4.20. The first kappa shape index (κ1) is 20.1. The fraction of sp³-hybridized carbons (Fsp3) is 0.211. The molecule has 1 unspecified atom stereocenters. The Morgan fingerprint density at radius 2 is 1.63 bits per heavy atom. The van der Waals surface area contributed by atoms with E-state index >= 15 is 0 Å². The summed E-state index contributed by atoms with van der Waals surface area (Å²) in [6, 6.07) is 9.64. The minimum atomic E-state index is -1.53. The fourth-order valence-corrected chi connectivity index (χ4v) is 2.57. The molecule has 2 rings (SSSR count). The molecule has 0 saturated carbocycles. The van der Waals surface area contributed by atoms with Crippen LogP contribution in [0.5, 0.6) is 0 Å². The summed E-state index contributed by atoms with van der Waals surface area (Å²) in [5.41, 5.74) is 3.52. The topological polar surface area (TPSA) is 98.7 Å². The van der Waals surface area contributed by atoms with Gasteiger partial charge in [0.2, 0.25) is 0 Å². The van der Waals surface area contributed by atoms with E-state index in [1.54, 1.807) is 31.2 Å². The quantitative estimate of drug-likeness (QED) is 0.420. The molecule has 142 valence electrons. The van der Waals surface area contributed by atoms with Gasteiger partial charge in [0.05, 0.1) is 0 Å². The van der Waals surface area contributed by atoms with E-state index in [0.29, 0.717) is 16.7 Å². The van der Waals surface area contributed by atoms with Gasteiger partial charge in [-0.2, -0.15) is 0 Å². The molecular weight excluding hydrogens is 353 g/mol. The van der Waals surface area contributed by atoms with Crippen LogP contribution in [0.1, 0.15) is 15.9 Å². The summed E-state index contributed by atoms with van der Waals surface area (Å²) >= 11 is 0. The maximum atomic E-state index is 13.7. The molecule has 0 saturated heterocycles. The van der Waals surface area contributed by atoms with Crippen LogP contribution in [0.15, 0.2) is 42.5 Å². The molecule has 7 nitrogen and oxygen atoms in total. The van der Waals surface area contributed by atoms with Gasteiger partial charge in [0.25, 0.3) is 17.7 Å². The number of nitrogens with one attached hydrogen (secondary N) is 2. The van der Waals surface area contributed by atoms with Crippen molar-refractivity contribution < 1.29 is 24.0 Å². The molecule has 3 amide bonds. The van der Waals surface area contributed by atoms with Crippen LogP contribution in [-0.2, 0) is 9.59 Å². The third-order valence-corrected chi connectivity index (χ3v) is 4.20. The highest BCUT2D eigenvalue weighted by molar-refractivity contribution is 6.08. The van der Waals surface area contributed by atoms with Crippen LogP contribution in [0.4, 0.5) is 4.39 Å². The van der Waals surface area contributed by atoms with E-state index in [-0.39, 0.29) is 11.4 Å². The molecule has 8 heteroatoms. The largest absolute Gasteiger partial charge is 0.357 e. The summed E-state index contributed by atoms with van der Waals surface area (Å²) in [5, 5.41) is 11.1. The predicted molar refractivity (Wildman–Crippen MR) is 96.5 cm³/mol. The number of carbonyl (C=O) groups excluding carboxylic acids is 3. The highest BCUT2D eigenvalue weighted by Gasteiger charge is 2.33. The van der Waals surface area contributed by atoms with E-state index in [1.807, 2.05) is 0 Å². The van der Waals surface area contributed by atoms with Crippen molar-refractivity contribution in [2.24, 2.45) is 0 Å². The van der Waals surface area contributed by atoms with Crippen LogP contribution in [0.3, 0.4) is 0 Å². The minimum absolute atomic E-state index is 0.230. The second kappa shape index (κ2) is 8.41. The maximum absolute atomic E-state index is 13.7. The van der Waals surface area contributed by atoms with Gasteiger partial charge in [0, 0.05) is 19.7 Å². The molecule has 0 aliphatic heterocycles. The molecule has 0 fully saturated rings. The van der Waals surface area contributed by atoms with E-state index in [2.05, 4.69) is 5.32 Å². The third kappa shape index (κ3) is 4.29. The zero-order valence-electron chi connectivity index (χ0n) is 15.1. The first-order valence-corrected chi connectivity index (χ1v) is 8.09. The molecular formula is C19H20FN3O4. The van der Waals surface area contributed by atoms with Gasteiger partial charge in [0.1, 0.15) is 5.82 Å². The molecule has 2 aromatic rings. The Morgan fingerprint density at radius 1 is 1.04 bits per heavy atom. The Morgan fingerprint density at radius 3 is 2.15 bits per heavy atom. The SMILES string of the molecule is CNC(=O)C(C(=O)NO)N(C)C(=O)c1ccc(-c2ccc(C)c(F)c2)cc1. The molecule has 0 radical (unpaired) electrons. The number of likely N-dealkylation sites (N-methyl/N-ethyl adjacent to an activating group) is 2. The first-order valence-electron chi connectivity index (χ1n) is 8.09. The van der Waals surface area contributed by atoms with Gasteiger partial charge in [-0.1, -0.05) is 24.3 Å². The van der Waals surface area contributed by atoms with Crippen LogP contribution in [0.25, 0.3) is 11.1 Å². The number of nitrogens with zero attached hydrogens (tertiary/aromatic N) is 1. The number of hydrogen-bond acceptors (Lipinski definition) is 4. The number of rotatable bonds is 5. The zero-order valence-corrected chi connectivity index (χ0v) is 15.1. The summed E-state index contributed by atoms with van der Waals surface area (Å²) in [6.45, 7) is 1.67. The highest BCUT2D eigenvalue weighted by atomic mass is 19.1. The van der Waals surface area contributed by atoms with Crippen LogP contribution in [-0.4, -0.2) is 48.0 Å². The van der Waals surface area contributed by atoms with E-state index in [0.717, 1.165) is 4.90 Å². The van der Waals surface area contributed by atoms with E-state index in [9.17, 15) is 18.8 Å². The number of benzene rings is 2. The predicted octanol–water partition coefficient (Wildman–Crippen LogP) is 1.49. The Balaban J connectivity index is 2.26. The van der Waals surface area contributed by atoms with Gasteiger partial charge < -0.3 is 10.2 Å². The number of carbonyl (C=O) groups is 3. The summed E-state index contributed by atoms with van der Waals surface area (Å²) in [6.07, 6.45) is 0. The average molecular weight is 373 g/mol. The van der Waals surface area contributed by atoms with Crippen molar-refractivity contribution in [1.82, 2.24) is 15.7 Å². The van der Waals surface area contributed by atoms with Crippen LogP contribution in [0, 0.1) is 12.7 Å². The minimum Gasteiger partial charge on any atom is -0.357 e. The Labute approximate surface area is 155 Å². The zero-order chi connectivity index (χ0) is 20.1. The van der Waals surface area contributed by atoms with Gasteiger partial charge in [-0.05, 0) is 41.8 Å². The van der Waals surface area contributed by atoms with Crippen molar-refractivity contribution in [3.8, 4) is 11.1 Å². The van der Waals surface area contributed by atoms with Gasteiger partial charge in [-0.15, -0.1) is 0 Å². The maximum Gasteiger partial charge on any atom is 0.275 e. The first-order chi connectivity index (χ1) is 12.8. The van der Waals surface area contributed by atoms with Crippen molar-refractivity contribution in [2.45, 2.75) is 13.0 Å². The summed E-state index contributed by atoms with van der Waals surface area (Å²) in [5.74, 6) is -2.69. The van der Waals surface area contributed by atoms with Crippen molar-refractivity contribution in [3.63, 3.8) is 0 Å². The summed E-state index contributed by atoms with van der Waals surface area (Å²) in [4.78, 5) is 37.1. The molecule has 0 heterocycles. The number of hydroxylamine groups is 1. The summed E-state index contributed by atoms with van der Waals surface area (Å²) < 4.78 is 13.7.